The van der Waals surface area contributed by atoms with E-state index in [2.05, 4.69) is 5.11 Å². The maximum Gasteiger partial charge on any atom is 0.210 e. The first-order valence-electron chi connectivity index (χ1n) is 4.75. The maximum absolute atomic E-state index is 9.47. The average molecular weight is 172 g/mol. The second-order valence-corrected chi connectivity index (χ2v) is 3.34. The van der Waals surface area contributed by atoms with Gasteiger partial charge >= 0.3 is 0 Å². The third-order valence-electron chi connectivity index (χ3n) is 2.43. The Hall–Kier alpha value is -0.0551. The van der Waals surface area contributed by atoms with Crippen molar-refractivity contribution in [2.75, 3.05) is 6.61 Å². The third kappa shape index (κ3) is 2.00. The second kappa shape index (κ2) is 4.26. The smallest absolute Gasteiger partial charge is 0.210 e. The minimum Gasteiger partial charge on any atom is -0.396 e. The molecule has 0 aromatic heterocycles. The number of aliphatic hydroxyl groups is 2. The standard InChI is InChI=1S/C8H15BO3/c1-5-6(3-2-4-10)12-8(9)7(5)11/h5-8,10-11H,2-4H2,1H3/t5-,6+,7?,8+/m0/s1/i10T. The van der Waals surface area contributed by atoms with Crippen LogP contribution in [0.15, 0.2) is 0 Å². The Labute approximate surface area is 75.6 Å². The molecule has 4 atom stereocenters. The van der Waals surface area contributed by atoms with Crippen molar-refractivity contribution in [3.8, 4) is 0 Å². The van der Waals surface area contributed by atoms with E-state index in [1.165, 1.54) is 0 Å². The molecule has 0 spiro atoms. The summed E-state index contributed by atoms with van der Waals surface area (Å²) in [6.07, 6.45) is 0.977. The highest BCUT2D eigenvalue weighted by Gasteiger charge is 2.36. The van der Waals surface area contributed by atoms with Crippen LogP contribution < -0.4 is 0 Å². The Kier molecular flexibility index (Phi) is 3.03. The van der Waals surface area contributed by atoms with E-state index in [1.807, 2.05) is 6.92 Å². The highest BCUT2D eigenvalue weighted by atomic mass is 16.5. The first-order chi connectivity index (χ1) is 6.16. The largest absolute Gasteiger partial charge is 0.396 e. The summed E-state index contributed by atoms with van der Waals surface area (Å²) in [5.74, 6) is 0.0701. The van der Waals surface area contributed by atoms with E-state index >= 15 is 0 Å². The van der Waals surface area contributed by atoms with Gasteiger partial charge in [0.05, 0.1) is 12.2 Å². The van der Waals surface area contributed by atoms with Gasteiger partial charge in [0.25, 0.3) is 0 Å². The van der Waals surface area contributed by atoms with Crippen LogP contribution in [0.1, 0.15) is 19.8 Å². The molecule has 0 saturated carbocycles. The number of rotatable bonds is 4. The molecule has 2 N–H and O–H groups in total. The first-order valence-corrected chi connectivity index (χ1v) is 4.34. The van der Waals surface area contributed by atoms with Gasteiger partial charge in [-0.3, -0.25) is 0 Å². The van der Waals surface area contributed by atoms with Gasteiger partial charge in [0.2, 0.25) is 1.43 Å². The molecule has 0 amide bonds. The number of hydrogen-bond acceptors (Lipinski definition) is 3. The lowest BCUT2D eigenvalue weighted by Crippen LogP contribution is -2.25. The van der Waals surface area contributed by atoms with Crippen LogP contribution in [0, 0.1) is 5.92 Å². The lowest BCUT2D eigenvalue weighted by Gasteiger charge is -2.14. The van der Waals surface area contributed by atoms with Gasteiger partial charge < -0.3 is 15.0 Å². The molecule has 1 aliphatic rings. The van der Waals surface area contributed by atoms with Crippen molar-refractivity contribution < 1.29 is 15.0 Å². The van der Waals surface area contributed by atoms with Crippen LogP contribution in [-0.2, 0) is 4.74 Å². The van der Waals surface area contributed by atoms with Gasteiger partial charge in [-0.05, 0) is 12.8 Å². The predicted molar refractivity (Wildman–Crippen MR) is 45.9 cm³/mol. The van der Waals surface area contributed by atoms with Gasteiger partial charge in [0.1, 0.15) is 7.85 Å². The summed E-state index contributed by atoms with van der Waals surface area (Å²) in [4.78, 5) is 0. The molecule has 4 heteroatoms. The normalized spacial score (nSPS) is 43.0. The monoisotopic (exact) mass is 172 g/mol. The topological polar surface area (TPSA) is 49.7 Å². The Balaban J connectivity index is 2.27. The van der Waals surface area contributed by atoms with E-state index in [4.69, 9.17) is 14.0 Å². The number of hydrogen-bond donors (Lipinski definition) is 2. The first kappa shape index (κ1) is 8.54. The van der Waals surface area contributed by atoms with Crippen LogP contribution in [0.3, 0.4) is 0 Å². The van der Waals surface area contributed by atoms with E-state index in [0.717, 1.165) is 12.8 Å². The van der Waals surface area contributed by atoms with Crippen molar-refractivity contribution in [1.82, 2.24) is 0 Å². The van der Waals surface area contributed by atoms with E-state index in [1.54, 1.807) is 0 Å². The molecule has 0 aliphatic carbocycles. The molecule has 1 aliphatic heterocycles. The average Bonchev–Trinajstić information content (AvgIpc) is 2.34. The Morgan fingerprint density at radius 3 is 2.92 bits per heavy atom. The Morgan fingerprint density at radius 2 is 2.42 bits per heavy atom. The van der Waals surface area contributed by atoms with Crippen molar-refractivity contribution in [3.63, 3.8) is 0 Å². The third-order valence-corrected chi connectivity index (χ3v) is 2.43. The highest BCUT2D eigenvalue weighted by Crippen LogP contribution is 2.27. The molecule has 68 valence electrons. The SMILES string of the molecule is [3H]OCCC[C@H]1O[C@@H]([B])C(O)[C@H]1C. The summed E-state index contributed by atoms with van der Waals surface area (Å²) < 4.78 is 11.8. The van der Waals surface area contributed by atoms with Crippen molar-refractivity contribution in [2.45, 2.75) is 38.0 Å². The van der Waals surface area contributed by atoms with Crippen LogP contribution in [0.25, 0.3) is 0 Å². The second-order valence-electron chi connectivity index (χ2n) is 3.34. The van der Waals surface area contributed by atoms with Gasteiger partial charge in [-0.25, -0.2) is 0 Å². The van der Waals surface area contributed by atoms with Gasteiger partial charge in [0.15, 0.2) is 0 Å². The summed E-state index contributed by atoms with van der Waals surface area (Å²) >= 11 is 0. The molecular weight excluding hydrogens is 155 g/mol. The molecule has 1 heterocycles. The fraction of sp³-hybridized carbons (Fsp3) is 1.00. The molecule has 3 nitrogen and oxygen atoms in total. The molecule has 12 heavy (non-hydrogen) atoms. The molecule has 0 aromatic rings. The predicted octanol–water partition coefficient (Wildman–Crippen LogP) is -0.351. The van der Waals surface area contributed by atoms with Crippen LogP contribution in [0.2, 0.25) is 0 Å². The van der Waals surface area contributed by atoms with Crippen molar-refractivity contribution in [3.05, 3.63) is 0 Å². The van der Waals surface area contributed by atoms with Crippen LogP contribution in [0.5, 0.6) is 0 Å². The van der Waals surface area contributed by atoms with Gasteiger partial charge in [0, 0.05) is 18.5 Å². The minimum absolute atomic E-state index is 0.000139. The number of ether oxygens (including phenoxy) is 1. The molecule has 1 fully saturated rings. The summed E-state index contributed by atoms with van der Waals surface area (Å²) in [7, 11) is 5.52. The van der Waals surface area contributed by atoms with E-state index in [-0.39, 0.29) is 12.0 Å². The van der Waals surface area contributed by atoms with Gasteiger partial charge in [-0.1, -0.05) is 6.92 Å². The molecule has 1 saturated heterocycles. The Morgan fingerprint density at radius 1 is 1.67 bits per heavy atom. The highest BCUT2D eigenvalue weighted by molar-refractivity contribution is 6.11. The number of aliphatic hydroxyl groups excluding tert-OH is 2. The van der Waals surface area contributed by atoms with Crippen molar-refractivity contribution in [1.29, 1.82) is 1.43 Å². The van der Waals surface area contributed by atoms with Crippen molar-refractivity contribution >= 4 is 7.85 Å². The molecule has 0 bridgehead atoms. The zero-order valence-electron chi connectivity index (χ0n) is 8.27. The summed E-state index contributed by atoms with van der Waals surface area (Å²) in [5.41, 5.74) is 0. The van der Waals surface area contributed by atoms with Gasteiger partial charge in [-0.2, -0.15) is 0 Å². The minimum atomic E-state index is -0.568. The lowest BCUT2D eigenvalue weighted by molar-refractivity contribution is 0.0517. The van der Waals surface area contributed by atoms with E-state index in [9.17, 15) is 5.11 Å². The zero-order chi connectivity index (χ0) is 9.84. The summed E-state index contributed by atoms with van der Waals surface area (Å²) in [5, 5.41) is 13.7. The van der Waals surface area contributed by atoms with Crippen LogP contribution in [-0.4, -0.2) is 44.3 Å². The van der Waals surface area contributed by atoms with E-state index < -0.39 is 12.1 Å². The zero-order valence-corrected chi connectivity index (χ0v) is 7.27. The summed E-state index contributed by atoms with van der Waals surface area (Å²) in [6, 6.07) is -0.558. The molecule has 2 radical (unpaired) electrons. The lowest BCUT2D eigenvalue weighted by atomic mass is 9.88. The van der Waals surface area contributed by atoms with Crippen LogP contribution >= 0.6 is 0 Å². The molecule has 0 aromatic carbocycles. The van der Waals surface area contributed by atoms with Gasteiger partial charge in [-0.15, -0.1) is 0 Å². The maximum atomic E-state index is 9.47. The molecular formula is C8H15BO3. The quantitative estimate of drug-likeness (QED) is 0.450. The fourth-order valence-corrected chi connectivity index (χ4v) is 1.54. The van der Waals surface area contributed by atoms with Crippen LogP contribution in [0.4, 0.5) is 0 Å². The Bertz CT molecular complexity index is 158. The van der Waals surface area contributed by atoms with Crippen molar-refractivity contribution in [2.24, 2.45) is 5.92 Å². The van der Waals surface area contributed by atoms with E-state index in [0.29, 0.717) is 6.61 Å². The summed E-state index contributed by atoms with van der Waals surface area (Å²) in [6.45, 7) is 2.32. The molecule has 1 rings (SSSR count). The molecule has 1 unspecified atom stereocenters. The fourth-order valence-electron chi connectivity index (χ4n) is 1.54.